The fourth-order valence-corrected chi connectivity index (χ4v) is 1.39. The minimum Gasteiger partial charge on any atom is -0.493 e. The monoisotopic (exact) mass is 240 g/mol. The molecule has 0 aliphatic rings. The first-order valence-corrected chi connectivity index (χ1v) is 4.96. The third-order valence-electron chi connectivity index (χ3n) is 2.15. The number of hydrogen-bond donors (Lipinski definition) is 2. The number of hydrogen-bond acceptors (Lipinski definition) is 5. The zero-order chi connectivity index (χ0) is 12.8. The summed E-state index contributed by atoms with van der Waals surface area (Å²) in [6.07, 6.45) is 1.30. The zero-order valence-corrected chi connectivity index (χ0v) is 10.0. The molecule has 1 aromatic carbocycles. The molecule has 0 amide bonds. The topological polar surface area (TPSA) is 68.2 Å². The fourth-order valence-electron chi connectivity index (χ4n) is 1.39. The van der Waals surface area contributed by atoms with Gasteiger partial charge in [0.2, 0.25) is 5.75 Å². The average molecular weight is 240 g/mol. The minimum absolute atomic E-state index is 0.497. The molecule has 5 heteroatoms. The first-order chi connectivity index (χ1) is 8.12. The number of rotatable bonds is 5. The van der Waals surface area contributed by atoms with Crippen molar-refractivity contribution in [3.05, 3.63) is 23.8 Å². The summed E-state index contributed by atoms with van der Waals surface area (Å²) in [7, 11) is 4.56. The van der Waals surface area contributed by atoms with Gasteiger partial charge in [0.25, 0.3) is 0 Å². The predicted octanol–water partition coefficient (Wildman–Crippen LogP) is 1.04. The Morgan fingerprint density at radius 2 is 1.53 bits per heavy atom. The van der Waals surface area contributed by atoms with Crippen LogP contribution in [0.4, 0.5) is 0 Å². The number of ether oxygens (including phenoxy) is 3. The lowest BCUT2D eigenvalue weighted by Gasteiger charge is -2.12. The molecular formula is C12H16O5. The highest BCUT2D eigenvalue weighted by atomic mass is 16.5. The van der Waals surface area contributed by atoms with Gasteiger partial charge in [-0.3, -0.25) is 0 Å². The summed E-state index contributed by atoms with van der Waals surface area (Å²) in [6.45, 7) is 0. The van der Waals surface area contributed by atoms with Crippen LogP contribution in [0.2, 0.25) is 0 Å². The van der Waals surface area contributed by atoms with E-state index in [0.29, 0.717) is 22.8 Å². The lowest BCUT2D eigenvalue weighted by Crippen LogP contribution is -1.98. The molecule has 0 aliphatic carbocycles. The van der Waals surface area contributed by atoms with Crippen LogP contribution < -0.4 is 14.2 Å². The third kappa shape index (κ3) is 3.37. The van der Waals surface area contributed by atoms with Crippen molar-refractivity contribution in [3.8, 4) is 17.2 Å². The highest BCUT2D eigenvalue weighted by Crippen LogP contribution is 2.38. The molecule has 2 N–H and O–H groups in total. The molecule has 0 saturated heterocycles. The van der Waals surface area contributed by atoms with Gasteiger partial charge in [-0.15, -0.1) is 0 Å². The van der Waals surface area contributed by atoms with E-state index in [1.54, 1.807) is 18.2 Å². The van der Waals surface area contributed by atoms with Crippen molar-refractivity contribution in [2.75, 3.05) is 21.3 Å². The molecule has 1 rings (SSSR count). The van der Waals surface area contributed by atoms with E-state index in [1.807, 2.05) is 0 Å². The standard InChI is InChI=1S/C12H16O5/c1-15-9-6-8(4-5-11(13)14)7-10(16-2)12(9)17-3/h4-7,11,13-14H,1-3H3/b5-4+. The van der Waals surface area contributed by atoms with Crippen molar-refractivity contribution in [2.24, 2.45) is 0 Å². The molecule has 0 radical (unpaired) electrons. The molecule has 0 aromatic heterocycles. The summed E-state index contributed by atoms with van der Waals surface area (Å²) in [6, 6.07) is 3.42. The van der Waals surface area contributed by atoms with E-state index in [2.05, 4.69) is 0 Å². The Morgan fingerprint density at radius 3 is 1.88 bits per heavy atom. The smallest absolute Gasteiger partial charge is 0.203 e. The fraction of sp³-hybridized carbons (Fsp3) is 0.333. The Kier molecular flexibility index (Phi) is 4.81. The largest absolute Gasteiger partial charge is 0.493 e. The molecule has 1 aromatic rings. The van der Waals surface area contributed by atoms with Gasteiger partial charge in [0.1, 0.15) is 0 Å². The van der Waals surface area contributed by atoms with Crippen molar-refractivity contribution in [2.45, 2.75) is 6.29 Å². The van der Waals surface area contributed by atoms with Crippen LogP contribution in [0.3, 0.4) is 0 Å². The number of methoxy groups -OCH3 is 3. The summed E-state index contributed by atoms with van der Waals surface area (Å²) in [4.78, 5) is 0. The molecular weight excluding hydrogens is 224 g/mol. The quantitative estimate of drug-likeness (QED) is 0.752. The van der Waals surface area contributed by atoms with Gasteiger partial charge in [-0.2, -0.15) is 0 Å². The van der Waals surface area contributed by atoms with Crippen LogP contribution in [-0.4, -0.2) is 37.8 Å². The summed E-state index contributed by atoms with van der Waals surface area (Å²) in [5.74, 6) is 1.52. The Morgan fingerprint density at radius 1 is 1.00 bits per heavy atom. The second-order valence-corrected chi connectivity index (χ2v) is 3.23. The number of benzene rings is 1. The maximum absolute atomic E-state index is 8.75. The normalized spacial score (nSPS) is 10.9. The lowest BCUT2D eigenvalue weighted by molar-refractivity contribution is 0.00303. The molecule has 94 valence electrons. The molecule has 17 heavy (non-hydrogen) atoms. The van der Waals surface area contributed by atoms with E-state index in [4.69, 9.17) is 24.4 Å². The summed E-state index contributed by atoms with van der Waals surface area (Å²) < 4.78 is 15.5. The Balaban J connectivity index is 3.17. The summed E-state index contributed by atoms with van der Waals surface area (Å²) in [5.41, 5.74) is 0.715. The molecule has 5 nitrogen and oxygen atoms in total. The second kappa shape index (κ2) is 6.12. The molecule has 0 heterocycles. The molecule has 0 spiro atoms. The molecule has 0 saturated carbocycles. The Labute approximate surface area is 99.9 Å². The van der Waals surface area contributed by atoms with Crippen molar-refractivity contribution < 1.29 is 24.4 Å². The lowest BCUT2D eigenvalue weighted by atomic mass is 10.1. The van der Waals surface area contributed by atoms with Crippen molar-refractivity contribution in [3.63, 3.8) is 0 Å². The first kappa shape index (κ1) is 13.3. The first-order valence-electron chi connectivity index (χ1n) is 4.96. The highest BCUT2D eigenvalue weighted by Gasteiger charge is 2.11. The van der Waals surface area contributed by atoms with Crippen LogP contribution in [0.1, 0.15) is 5.56 Å². The van der Waals surface area contributed by atoms with Gasteiger partial charge >= 0.3 is 0 Å². The number of aliphatic hydroxyl groups is 2. The van der Waals surface area contributed by atoms with E-state index in [0.717, 1.165) is 0 Å². The van der Waals surface area contributed by atoms with E-state index in [1.165, 1.54) is 27.4 Å². The van der Waals surface area contributed by atoms with E-state index >= 15 is 0 Å². The van der Waals surface area contributed by atoms with Crippen LogP contribution in [0.25, 0.3) is 6.08 Å². The molecule has 0 bridgehead atoms. The second-order valence-electron chi connectivity index (χ2n) is 3.23. The van der Waals surface area contributed by atoms with Gasteiger partial charge in [0.15, 0.2) is 17.8 Å². The van der Waals surface area contributed by atoms with Gasteiger partial charge in [0.05, 0.1) is 21.3 Å². The van der Waals surface area contributed by atoms with Gasteiger partial charge in [-0.1, -0.05) is 6.08 Å². The van der Waals surface area contributed by atoms with Crippen LogP contribution in [0.5, 0.6) is 17.2 Å². The summed E-state index contributed by atoms with van der Waals surface area (Å²) >= 11 is 0. The highest BCUT2D eigenvalue weighted by molar-refractivity contribution is 5.62. The molecule has 0 atom stereocenters. The molecule has 0 fully saturated rings. The zero-order valence-electron chi connectivity index (χ0n) is 10.0. The Hall–Kier alpha value is -1.72. The minimum atomic E-state index is -1.49. The van der Waals surface area contributed by atoms with Crippen molar-refractivity contribution >= 4 is 6.08 Å². The van der Waals surface area contributed by atoms with Gasteiger partial charge in [0, 0.05) is 0 Å². The maximum atomic E-state index is 8.75. The van der Waals surface area contributed by atoms with Crippen molar-refractivity contribution in [1.82, 2.24) is 0 Å². The molecule has 0 unspecified atom stereocenters. The predicted molar refractivity (Wildman–Crippen MR) is 63.4 cm³/mol. The maximum Gasteiger partial charge on any atom is 0.203 e. The van der Waals surface area contributed by atoms with Crippen LogP contribution in [0.15, 0.2) is 18.2 Å². The van der Waals surface area contributed by atoms with Gasteiger partial charge in [-0.25, -0.2) is 0 Å². The third-order valence-corrected chi connectivity index (χ3v) is 2.15. The van der Waals surface area contributed by atoms with Crippen LogP contribution >= 0.6 is 0 Å². The number of aliphatic hydroxyl groups excluding tert-OH is 1. The van der Waals surface area contributed by atoms with Crippen LogP contribution in [-0.2, 0) is 0 Å². The summed E-state index contributed by atoms with van der Waals surface area (Å²) in [5, 5.41) is 17.5. The van der Waals surface area contributed by atoms with Crippen LogP contribution in [0, 0.1) is 0 Å². The van der Waals surface area contributed by atoms with Gasteiger partial charge < -0.3 is 24.4 Å². The Bertz CT molecular complexity index is 373. The van der Waals surface area contributed by atoms with Crippen molar-refractivity contribution in [1.29, 1.82) is 0 Å². The average Bonchev–Trinajstić information content (AvgIpc) is 2.34. The van der Waals surface area contributed by atoms with E-state index < -0.39 is 6.29 Å². The SMILES string of the molecule is COc1cc(/C=C/C(O)O)cc(OC)c1OC. The van der Waals surface area contributed by atoms with Gasteiger partial charge in [-0.05, 0) is 23.8 Å². The van der Waals surface area contributed by atoms with E-state index in [-0.39, 0.29) is 0 Å². The molecule has 0 aliphatic heterocycles. The van der Waals surface area contributed by atoms with E-state index in [9.17, 15) is 0 Å².